The second-order valence-electron chi connectivity index (χ2n) is 19.2. The summed E-state index contributed by atoms with van der Waals surface area (Å²) in [6, 6.07) is 41.8. The molecule has 0 unspecified atom stereocenters. The quantitative estimate of drug-likeness (QED) is 0.131. The molecule has 8 heterocycles. The molecule has 4 aromatic carbocycles. The van der Waals surface area contributed by atoms with Gasteiger partial charge in [-0.05, 0) is 113 Å². The van der Waals surface area contributed by atoms with E-state index >= 15 is 0 Å². The fourth-order valence-electron chi connectivity index (χ4n) is 8.80. The first-order valence-electron chi connectivity index (χ1n) is 33.4. The summed E-state index contributed by atoms with van der Waals surface area (Å²) in [6.45, 7) is 43.4. The largest absolute Gasteiger partial charge is 0.352 e. The number of para-hydroxylation sites is 8. The van der Waals surface area contributed by atoms with Crippen LogP contribution >= 0.6 is 0 Å². The predicted molar refractivity (Wildman–Crippen MR) is 401 cm³/mol. The van der Waals surface area contributed by atoms with Crippen LogP contribution in [0.15, 0.2) is 171 Å². The molecule has 4 aliphatic rings. The SMILES string of the molecule is C.CC.CC.CC.CC.CCC.CCC.CCC.CCC.CCN1C(=O)c2cccnc2Nc2ccccc21.CCN1C(=O)c2cccnc2Nc2ccccc21.CCN1C(=O)c2ccncc2Nc2ccccc21.CCN1C(=O)c2ccncc2Nc2ccccc21. The molecular formula is C77H112N12O4. The number of carbonyl (C=O) groups excluding carboxylic acids is 4. The summed E-state index contributed by atoms with van der Waals surface area (Å²) in [7, 11) is 0. The number of nitrogens with one attached hydrogen (secondary N) is 4. The lowest BCUT2D eigenvalue weighted by Crippen LogP contribution is -2.29. The molecule has 0 spiro atoms. The highest BCUT2D eigenvalue weighted by molar-refractivity contribution is 6.15. The molecule has 4 N–H and O–H groups in total. The zero-order valence-corrected chi connectivity index (χ0v) is 59.0. The minimum absolute atomic E-state index is 0. The van der Waals surface area contributed by atoms with Gasteiger partial charge < -0.3 is 40.9 Å². The number of pyridine rings is 4. The Morgan fingerprint density at radius 2 is 0.527 bits per heavy atom. The van der Waals surface area contributed by atoms with Gasteiger partial charge in [0.1, 0.15) is 11.6 Å². The first-order valence-corrected chi connectivity index (χ1v) is 33.4. The lowest BCUT2D eigenvalue weighted by Gasteiger charge is -2.20. The molecule has 0 aliphatic carbocycles. The van der Waals surface area contributed by atoms with Crippen molar-refractivity contribution >= 4 is 92.1 Å². The molecule has 504 valence electrons. The molecule has 8 aromatic rings. The average molecular weight is 1270 g/mol. The van der Waals surface area contributed by atoms with Gasteiger partial charge in [0, 0.05) is 51.0 Å². The zero-order valence-electron chi connectivity index (χ0n) is 59.0. The number of nitrogens with zero attached hydrogens (tertiary/aromatic N) is 8. The third-order valence-corrected chi connectivity index (χ3v) is 12.2. The molecular weight excluding hydrogens is 1160 g/mol. The smallest absolute Gasteiger partial charge is 0.262 e. The summed E-state index contributed by atoms with van der Waals surface area (Å²) in [5.74, 6) is 1.22. The first kappa shape index (κ1) is 83.6. The number of hydrogen-bond acceptors (Lipinski definition) is 12. The van der Waals surface area contributed by atoms with Crippen molar-refractivity contribution in [2.24, 2.45) is 0 Å². The Labute approximate surface area is 560 Å². The Morgan fingerprint density at radius 1 is 0.290 bits per heavy atom. The molecule has 93 heavy (non-hydrogen) atoms. The maximum atomic E-state index is 12.5. The highest BCUT2D eigenvalue weighted by Crippen LogP contribution is 2.38. The number of fused-ring (bicyclic) bond motifs is 8. The molecule has 0 saturated heterocycles. The van der Waals surface area contributed by atoms with E-state index in [0.717, 1.165) is 56.9 Å². The standard InChI is InChI=1S/4C14H13N3O.4C3H8.4C2H6.CH4/c2*1-2-17-12-8-4-3-7-11(12)16-13-10(14(17)18)6-5-9-15-13;2*1-2-17-13-6-4-3-5-11(13)16-12-9-15-8-7-10(12)14(17)18;4*1-3-2;4*1-2;/h2*3-9H,2H2,1H3,(H,15,16);2*3-9,16H,2H2,1H3;4*3H2,1-2H3;4*1-2H3;1H4. The maximum absolute atomic E-state index is 12.5. The van der Waals surface area contributed by atoms with Crippen molar-refractivity contribution in [3.8, 4) is 0 Å². The van der Waals surface area contributed by atoms with E-state index in [9.17, 15) is 19.2 Å². The number of amides is 4. The van der Waals surface area contributed by atoms with Crippen LogP contribution in [-0.2, 0) is 0 Å². The number of benzene rings is 4. The van der Waals surface area contributed by atoms with Gasteiger partial charge >= 0.3 is 0 Å². The molecule has 16 heteroatoms. The number of rotatable bonds is 4. The molecule has 0 fully saturated rings. The number of carbonyl (C=O) groups is 4. The Bertz CT molecular complexity index is 2950. The van der Waals surface area contributed by atoms with Gasteiger partial charge in [0.05, 0.1) is 91.5 Å². The van der Waals surface area contributed by atoms with Gasteiger partial charge in [0.15, 0.2) is 0 Å². The Kier molecular flexibility index (Phi) is 43.5. The number of aromatic nitrogens is 4. The Balaban J connectivity index is 0.00000110. The van der Waals surface area contributed by atoms with E-state index in [1.165, 1.54) is 25.7 Å². The molecule has 4 aliphatic heterocycles. The minimum Gasteiger partial charge on any atom is -0.352 e. The van der Waals surface area contributed by atoms with Crippen LogP contribution in [0.1, 0.15) is 213 Å². The van der Waals surface area contributed by atoms with Crippen LogP contribution in [0.5, 0.6) is 0 Å². The van der Waals surface area contributed by atoms with Crippen molar-refractivity contribution in [2.75, 3.05) is 67.0 Å². The lowest BCUT2D eigenvalue weighted by molar-refractivity contribution is 0.0981. The zero-order chi connectivity index (χ0) is 69.0. The van der Waals surface area contributed by atoms with E-state index in [1.54, 1.807) is 93.2 Å². The van der Waals surface area contributed by atoms with Gasteiger partial charge in [-0.15, -0.1) is 0 Å². The van der Waals surface area contributed by atoms with E-state index in [2.05, 4.69) is 96.6 Å². The van der Waals surface area contributed by atoms with E-state index in [1.807, 2.05) is 180 Å². The third-order valence-electron chi connectivity index (χ3n) is 12.2. The average Bonchev–Trinajstić information content (AvgIpc) is 1.77. The maximum Gasteiger partial charge on any atom is 0.262 e. The van der Waals surface area contributed by atoms with Gasteiger partial charge in [-0.2, -0.15) is 0 Å². The van der Waals surface area contributed by atoms with Gasteiger partial charge in [0.25, 0.3) is 23.6 Å². The van der Waals surface area contributed by atoms with E-state index in [4.69, 9.17) is 0 Å². The second-order valence-corrected chi connectivity index (χ2v) is 19.2. The predicted octanol–water partition coefficient (Wildman–Crippen LogP) is 21.6. The van der Waals surface area contributed by atoms with Crippen molar-refractivity contribution in [1.82, 2.24) is 19.9 Å². The summed E-state index contributed by atoms with van der Waals surface area (Å²) in [5, 5.41) is 13.0. The van der Waals surface area contributed by atoms with Crippen LogP contribution in [0, 0.1) is 0 Å². The summed E-state index contributed by atoms with van der Waals surface area (Å²) in [4.78, 5) is 73.6. The summed E-state index contributed by atoms with van der Waals surface area (Å²) < 4.78 is 0. The first-order chi connectivity index (χ1) is 44.9. The van der Waals surface area contributed by atoms with Crippen LogP contribution in [-0.4, -0.2) is 69.7 Å². The summed E-state index contributed by atoms with van der Waals surface area (Å²) >= 11 is 0. The van der Waals surface area contributed by atoms with Crippen molar-refractivity contribution in [3.63, 3.8) is 0 Å². The second kappa shape index (κ2) is 48.4. The van der Waals surface area contributed by atoms with Crippen LogP contribution in [0.25, 0.3) is 0 Å². The minimum atomic E-state index is -0.0157. The van der Waals surface area contributed by atoms with Gasteiger partial charge in [-0.1, -0.05) is 192 Å². The molecule has 12 rings (SSSR count). The van der Waals surface area contributed by atoms with Crippen molar-refractivity contribution in [3.05, 3.63) is 193 Å². The van der Waals surface area contributed by atoms with Crippen LogP contribution < -0.4 is 40.9 Å². The van der Waals surface area contributed by atoms with E-state index in [-0.39, 0.29) is 31.1 Å². The molecule has 0 radical (unpaired) electrons. The number of hydrogen-bond donors (Lipinski definition) is 4. The van der Waals surface area contributed by atoms with Gasteiger partial charge in [0.2, 0.25) is 0 Å². The van der Waals surface area contributed by atoms with Gasteiger partial charge in [-0.25, -0.2) is 9.97 Å². The van der Waals surface area contributed by atoms with Crippen LogP contribution in [0.3, 0.4) is 0 Å². The molecule has 0 bridgehead atoms. The highest BCUT2D eigenvalue weighted by Gasteiger charge is 2.29. The topological polar surface area (TPSA) is 181 Å². The summed E-state index contributed by atoms with van der Waals surface area (Å²) in [5.41, 5.74) is 11.3. The fraction of sp³-hybridized carbons (Fsp3) is 0.377. The van der Waals surface area contributed by atoms with E-state index in [0.29, 0.717) is 60.1 Å². The van der Waals surface area contributed by atoms with Crippen molar-refractivity contribution < 1.29 is 19.2 Å². The van der Waals surface area contributed by atoms with Crippen LogP contribution in [0.4, 0.5) is 68.5 Å². The Morgan fingerprint density at radius 3 is 0.785 bits per heavy atom. The van der Waals surface area contributed by atoms with Crippen LogP contribution in [0.2, 0.25) is 0 Å². The van der Waals surface area contributed by atoms with Crippen molar-refractivity contribution in [2.45, 2.75) is 172 Å². The number of anilines is 12. The third kappa shape index (κ3) is 23.6. The molecule has 16 nitrogen and oxygen atoms in total. The van der Waals surface area contributed by atoms with Crippen molar-refractivity contribution in [1.29, 1.82) is 0 Å². The molecule has 4 amide bonds. The normalized spacial score (nSPS) is 11.4. The summed E-state index contributed by atoms with van der Waals surface area (Å²) in [6.07, 6.45) is 15.0. The van der Waals surface area contributed by atoms with E-state index < -0.39 is 0 Å². The highest BCUT2D eigenvalue weighted by atomic mass is 16.2. The lowest BCUT2D eigenvalue weighted by atomic mass is 10.2. The molecule has 0 atom stereocenters. The Hall–Kier alpha value is -9.44. The molecule has 0 saturated carbocycles. The molecule has 4 aromatic heterocycles. The monoisotopic (exact) mass is 1270 g/mol. The van der Waals surface area contributed by atoms with Gasteiger partial charge in [-0.3, -0.25) is 29.1 Å². The fourth-order valence-corrected chi connectivity index (χ4v) is 8.80.